The van der Waals surface area contributed by atoms with Crippen LogP contribution in [0.15, 0.2) is 30.3 Å². The van der Waals surface area contributed by atoms with Gasteiger partial charge < -0.3 is 5.11 Å². The molecule has 0 aromatic heterocycles. The molecule has 0 heterocycles. The summed E-state index contributed by atoms with van der Waals surface area (Å²) in [6, 6.07) is 8.10. The first-order valence-corrected chi connectivity index (χ1v) is 6.72. The molecule has 18 heavy (non-hydrogen) atoms. The number of aryl methyl sites for hydroxylation is 1. The minimum atomic E-state index is -0.903. The molecule has 0 amide bonds. The maximum absolute atomic E-state index is 10.4. The zero-order valence-electron chi connectivity index (χ0n) is 11.1. The van der Waals surface area contributed by atoms with Gasteiger partial charge in [-0.2, -0.15) is 0 Å². The number of unbranched alkanes of at least 4 members (excludes halogenated alkanes) is 4. The third-order valence-electron chi connectivity index (χ3n) is 2.94. The highest BCUT2D eigenvalue weighted by Crippen LogP contribution is 2.12. The maximum Gasteiger partial charge on any atom is 0.328 e. The van der Waals surface area contributed by atoms with Gasteiger partial charge in [-0.05, 0) is 30.0 Å². The fourth-order valence-electron chi connectivity index (χ4n) is 1.95. The van der Waals surface area contributed by atoms with Crippen molar-refractivity contribution in [2.24, 2.45) is 0 Å². The van der Waals surface area contributed by atoms with E-state index in [2.05, 4.69) is 19.1 Å². The van der Waals surface area contributed by atoms with Crippen molar-refractivity contribution in [2.75, 3.05) is 0 Å². The van der Waals surface area contributed by atoms with Crippen LogP contribution < -0.4 is 0 Å². The van der Waals surface area contributed by atoms with Gasteiger partial charge in [0.05, 0.1) is 0 Å². The molecule has 98 valence electrons. The minimum Gasteiger partial charge on any atom is -0.478 e. The van der Waals surface area contributed by atoms with Gasteiger partial charge in [0.25, 0.3) is 0 Å². The average molecular weight is 246 g/mol. The van der Waals surface area contributed by atoms with E-state index in [1.807, 2.05) is 12.1 Å². The van der Waals surface area contributed by atoms with Crippen LogP contribution in [0.4, 0.5) is 0 Å². The molecule has 0 fully saturated rings. The summed E-state index contributed by atoms with van der Waals surface area (Å²) in [5.74, 6) is -0.903. The summed E-state index contributed by atoms with van der Waals surface area (Å²) < 4.78 is 0. The Morgan fingerprint density at radius 2 is 2.00 bits per heavy atom. The topological polar surface area (TPSA) is 37.3 Å². The Balaban J connectivity index is 2.42. The largest absolute Gasteiger partial charge is 0.478 e. The SMILES string of the molecule is CCCCCCCc1cccc(C=CC(=O)O)c1. The maximum atomic E-state index is 10.4. The Morgan fingerprint density at radius 3 is 2.72 bits per heavy atom. The summed E-state index contributed by atoms with van der Waals surface area (Å²) in [5, 5.41) is 8.58. The molecular formula is C16H22O2. The predicted molar refractivity (Wildman–Crippen MR) is 75.6 cm³/mol. The number of aliphatic carboxylic acids is 1. The van der Waals surface area contributed by atoms with Crippen molar-refractivity contribution in [1.29, 1.82) is 0 Å². The van der Waals surface area contributed by atoms with Crippen LogP contribution in [0.3, 0.4) is 0 Å². The van der Waals surface area contributed by atoms with Gasteiger partial charge in [0.1, 0.15) is 0 Å². The van der Waals surface area contributed by atoms with Gasteiger partial charge >= 0.3 is 5.97 Å². The predicted octanol–water partition coefficient (Wildman–Crippen LogP) is 4.30. The first-order chi connectivity index (χ1) is 8.72. The molecular weight excluding hydrogens is 224 g/mol. The van der Waals surface area contributed by atoms with Crippen molar-refractivity contribution in [3.05, 3.63) is 41.5 Å². The third-order valence-corrected chi connectivity index (χ3v) is 2.94. The third kappa shape index (κ3) is 6.24. The molecule has 1 N–H and O–H groups in total. The smallest absolute Gasteiger partial charge is 0.328 e. The number of carboxylic acid groups (broad SMARTS) is 1. The lowest BCUT2D eigenvalue weighted by atomic mass is 10.0. The molecule has 1 aromatic carbocycles. The monoisotopic (exact) mass is 246 g/mol. The number of carboxylic acids is 1. The summed E-state index contributed by atoms with van der Waals surface area (Å²) in [4.78, 5) is 10.4. The highest BCUT2D eigenvalue weighted by molar-refractivity contribution is 5.85. The first kappa shape index (κ1) is 14.5. The van der Waals surface area contributed by atoms with Gasteiger partial charge in [0, 0.05) is 6.08 Å². The van der Waals surface area contributed by atoms with Crippen LogP contribution in [0.2, 0.25) is 0 Å². The van der Waals surface area contributed by atoms with Crippen LogP contribution in [0.25, 0.3) is 6.08 Å². The summed E-state index contributed by atoms with van der Waals surface area (Å²) in [7, 11) is 0. The van der Waals surface area contributed by atoms with Crippen LogP contribution in [0.5, 0.6) is 0 Å². The fraction of sp³-hybridized carbons (Fsp3) is 0.438. The lowest BCUT2D eigenvalue weighted by Crippen LogP contribution is -1.88. The Morgan fingerprint density at radius 1 is 1.22 bits per heavy atom. The first-order valence-electron chi connectivity index (χ1n) is 6.72. The van der Waals surface area contributed by atoms with E-state index in [0.717, 1.165) is 12.0 Å². The zero-order valence-corrected chi connectivity index (χ0v) is 11.1. The van der Waals surface area contributed by atoms with Crippen molar-refractivity contribution in [2.45, 2.75) is 45.4 Å². The van der Waals surface area contributed by atoms with Gasteiger partial charge in [-0.3, -0.25) is 0 Å². The van der Waals surface area contributed by atoms with E-state index < -0.39 is 5.97 Å². The standard InChI is InChI=1S/C16H22O2/c1-2-3-4-5-6-8-14-9-7-10-15(13-14)11-12-16(17)18/h7,9-13H,2-6,8H2,1H3,(H,17,18). The van der Waals surface area contributed by atoms with Crippen LogP contribution >= 0.6 is 0 Å². The molecule has 2 heteroatoms. The Labute approximate surface area is 109 Å². The number of benzene rings is 1. The van der Waals surface area contributed by atoms with E-state index in [-0.39, 0.29) is 0 Å². The van der Waals surface area contributed by atoms with Crippen LogP contribution in [-0.2, 0) is 11.2 Å². The lowest BCUT2D eigenvalue weighted by Gasteiger charge is -2.03. The molecule has 0 saturated heterocycles. The van der Waals surface area contributed by atoms with E-state index in [1.54, 1.807) is 6.08 Å². The van der Waals surface area contributed by atoms with Crippen molar-refractivity contribution >= 4 is 12.0 Å². The van der Waals surface area contributed by atoms with Gasteiger partial charge in [-0.25, -0.2) is 4.79 Å². The van der Waals surface area contributed by atoms with Gasteiger partial charge in [-0.15, -0.1) is 0 Å². The molecule has 0 atom stereocenters. The quantitative estimate of drug-likeness (QED) is 0.548. The molecule has 0 aliphatic carbocycles. The molecule has 0 aliphatic rings. The second-order valence-corrected chi connectivity index (χ2v) is 4.58. The molecule has 0 aliphatic heterocycles. The van der Waals surface area contributed by atoms with E-state index in [4.69, 9.17) is 5.11 Å². The normalized spacial score (nSPS) is 10.9. The molecule has 0 unspecified atom stereocenters. The lowest BCUT2D eigenvalue weighted by molar-refractivity contribution is -0.131. The Hall–Kier alpha value is -1.57. The van der Waals surface area contributed by atoms with Gasteiger partial charge in [0.2, 0.25) is 0 Å². The summed E-state index contributed by atoms with van der Waals surface area (Å²) in [5.41, 5.74) is 2.25. The summed E-state index contributed by atoms with van der Waals surface area (Å²) >= 11 is 0. The molecule has 0 saturated carbocycles. The molecule has 1 rings (SSSR count). The van der Waals surface area contributed by atoms with E-state index in [1.165, 1.54) is 43.7 Å². The van der Waals surface area contributed by atoms with Crippen molar-refractivity contribution < 1.29 is 9.90 Å². The Kier molecular flexibility index (Phi) is 6.85. The van der Waals surface area contributed by atoms with Crippen LogP contribution in [-0.4, -0.2) is 11.1 Å². The van der Waals surface area contributed by atoms with E-state index >= 15 is 0 Å². The highest BCUT2D eigenvalue weighted by atomic mass is 16.4. The average Bonchev–Trinajstić information content (AvgIpc) is 2.37. The van der Waals surface area contributed by atoms with E-state index in [9.17, 15) is 4.79 Å². The van der Waals surface area contributed by atoms with Crippen molar-refractivity contribution in [3.63, 3.8) is 0 Å². The number of hydrogen-bond acceptors (Lipinski definition) is 1. The Bertz CT molecular complexity index is 394. The molecule has 0 radical (unpaired) electrons. The number of rotatable bonds is 8. The van der Waals surface area contributed by atoms with Gasteiger partial charge in [0.15, 0.2) is 0 Å². The summed E-state index contributed by atoms with van der Waals surface area (Å²) in [6.07, 6.45) is 10.3. The van der Waals surface area contributed by atoms with Crippen LogP contribution in [0.1, 0.15) is 50.2 Å². The second kappa shape index (κ2) is 8.51. The molecule has 0 bridgehead atoms. The second-order valence-electron chi connectivity index (χ2n) is 4.58. The molecule has 0 spiro atoms. The van der Waals surface area contributed by atoms with E-state index in [0.29, 0.717) is 0 Å². The highest BCUT2D eigenvalue weighted by Gasteiger charge is 1.95. The van der Waals surface area contributed by atoms with Crippen LogP contribution in [0, 0.1) is 0 Å². The number of hydrogen-bond donors (Lipinski definition) is 1. The van der Waals surface area contributed by atoms with Crippen molar-refractivity contribution in [3.8, 4) is 0 Å². The zero-order chi connectivity index (χ0) is 13.2. The fourth-order valence-corrected chi connectivity index (χ4v) is 1.95. The minimum absolute atomic E-state index is 0.903. The molecule has 2 nitrogen and oxygen atoms in total. The molecule has 1 aromatic rings. The van der Waals surface area contributed by atoms with Crippen molar-refractivity contribution in [1.82, 2.24) is 0 Å². The summed E-state index contributed by atoms with van der Waals surface area (Å²) in [6.45, 7) is 2.22. The number of carbonyl (C=O) groups is 1. The van der Waals surface area contributed by atoms with Gasteiger partial charge in [-0.1, -0.05) is 56.9 Å².